The van der Waals surface area contributed by atoms with E-state index in [1.165, 1.54) is 59.2 Å². The van der Waals surface area contributed by atoms with Crippen molar-refractivity contribution < 1.29 is 19.1 Å². The zero-order valence-corrected chi connectivity index (χ0v) is 21.8. The van der Waals surface area contributed by atoms with Gasteiger partial charge in [0.2, 0.25) is 0 Å². The molecule has 4 rings (SSSR count). The van der Waals surface area contributed by atoms with E-state index in [0.717, 1.165) is 18.8 Å². The third-order valence-corrected chi connectivity index (χ3v) is 11.3. The van der Waals surface area contributed by atoms with Crippen molar-refractivity contribution in [3.05, 3.63) is 0 Å². The second-order valence-electron chi connectivity index (χ2n) is 12.7. The van der Waals surface area contributed by atoms with E-state index < -0.39 is 0 Å². The molecule has 33 heavy (non-hydrogen) atoms. The van der Waals surface area contributed by atoms with Crippen LogP contribution in [0.1, 0.15) is 91.9 Å². The minimum Gasteiger partial charge on any atom is -0.469 e. The summed E-state index contributed by atoms with van der Waals surface area (Å²) in [5.74, 6) is 4.42. The highest BCUT2D eigenvalue weighted by molar-refractivity contribution is 5.69. The van der Waals surface area contributed by atoms with Crippen LogP contribution < -0.4 is 5.32 Å². The number of alkyl carbamates (subject to hydrolysis) is 1. The summed E-state index contributed by atoms with van der Waals surface area (Å²) < 4.78 is 9.99. The third-order valence-electron chi connectivity index (χ3n) is 11.3. The number of ether oxygens (including phenoxy) is 2. The lowest BCUT2D eigenvalue weighted by Crippen LogP contribution is -2.61. The summed E-state index contributed by atoms with van der Waals surface area (Å²) in [5, 5.41) is 3.33. The van der Waals surface area contributed by atoms with Gasteiger partial charge in [-0.05, 0) is 104 Å². The Morgan fingerprint density at radius 1 is 0.970 bits per heavy atom. The molecule has 5 unspecified atom stereocenters. The summed E-state index contributed by atoms with van der Waals surface area (Å²) in [6.45, 7) is 9.87. The monoisotopic (exact) mass is 461 g/mol. The summed E-state index contributed by atoms with van der Waals surface area (Å²) in [4.78, 5) is 24.2. The smallest absolute Gasteiger partial charge is 0.407 e. The van der Waals surface area contributed by atoms with E-state index >= 15 is 0 Å². The van der Waals surface area contributed by atoms with Gasteiger partial charge in [-0.2, -0.15) is 0 Å². The zero-order chi connectivity index (χ0) is 24.0. The largest absolute Gasteiger partial charge is 0.469 e. The van der Waals surface area contributed by atoms with Crippen LogP contribution in [0.2, 0.25) is 0 Å². The topological polar surface area (TPSA) is 64.6 Å². The van der Waals surface area contributed by atoms with Gasteiger partial charge in [-0.15, -0.1) is 0 Å². The van der Waals surface area contributed by atoms with E-state index in [1.807, 2.05) is 0 Å². The van der Waals surface area contributed by atoms with Gasteiger partial charge in [-0.1, -0.05) is 34.1 Å². The Labute approximate surface area is 201 Å². The molecule has 0 radical (unpaired) electrons. The molecular formula is C28H47NO4. The normalized spacial score (nSPS) is 45.2. The number of esters is 1. The van der Waals surface area contributed by atoms with Crippen LogP contribution in [0.25, 0.3) is 0 Å². The molecule has 1 N–H and O–H groups in total. The lowest BCUT2D eigenvalue weighted by molar-refractivity contribution is -0.141. The van der Waals surface area contributed by atoms with E-state index in [9.17, 15) is 9.59 Å². The SMILES string of the molecule is COC(=O)CC[C@@H](C)C1CCC2C3C(CC[C@@]21C)[C@@]1(C)CCC(C)C[C@@H]1C[C@H]3NC(=O)OC. The molecule has 4 aliphatic rings. The molecule has 0 aliphatic heterocycles. The maximum absolute atomic E-state index is 12.4. The first kappa shape index (κ1) is 24.9. The highest BCUT2D eigenvalue weighted by Crippen LogP contribution is 2.68. The first-order chi connectivity index (χ1) is 15.6. The number of fused-ring (bicyclic) bond motifs is 5. The van der Waals surface area contributed by atoms with Gasteiger partial charge in [0.25, 0.3) is 0 Å². The summed E-state index contributed by atoms with van der Waals surface area (Å²) in [6, 6.07) is 0.222. The van der Waals surface area contributed by atoms with Crippen molar-refractivity contribution >= 4 is 12.1 Å². The summed E-state index contributed by atoms with van der Waals surface area (Å²) in [7, 11) is 2.97. The molecule has 188 valence electrons. The quantitative estimate of drug-likeness (QED) is 0.495. The fourth-order valence-corrected chi connectivity index (χ4v) is 9.47. The third kappa shape index (κ3) is 4.31. The summed E-state index contributed by atoms with van der Waals surface area (Å²) >= 11 is 0. The van der Waals surface area contributed by atoms with Crippen LogP contribution in [-0.4, -0.2) is 32.3 Å². The first-order valence-electron chi connectivity index (χ1n) is 13.5. The Morgan fingerprint density at radius 3 is 2.36 bits per heavy atom. The van der Waals surface area contributed by atoms with E-state index in [-0.39, 0.29) is 23.5 Å². The van der Waals surface area contributed by atoms with Crippen molar-refractivity contribution in [2.75, 3.05) is 14.2 Å². The summed E-state index contributed by atoms with van der Waals surface area (Å²) in [6.07, 6.45) is 11.3. The highest BCUT2D eigenvalue weighted by Gasteiger charge is 2.63. The average molecular weight is 462 g/mol. The fraction of sp³-hybridized carbons (Fsp3) is 0.929. The summed E-state index contributed by atoms with van der Waals surface area (Å²) in [5.41, 5.74) is 0.694. The lowest BCUT2D eigenvalue weighted by atomic mass is 9.43. The van der Waals surface area contributed by atoms with Gasteiger partial charge in [0.15, 0.2) is 0 Å². The molecule has 4 aliphatic carbocycles. The van der Waals surface area contributed by atoms with E-state index in [4.69, 9.17) is 9.47 Å². The van der Waals surface area contributed by atoms with Crippen molar-refractivity contribution in [1.82, 2.24) is 5.32 Å². The lowest BCUT2D eigenvalue weighted by Gasteiger charge is -2.63. The molecule has 0 heterocycles. The van der Waals surface area contributed by atoms with E-state index in [0.29, 0.717) is 47.3 Å². The Hall–Kier alpha value is -1.26. The van der Waals surface area contributed by atoms with Crippen molar-refractivity contribution in [1.29, 1.82) is 0 Å². The van der Waals surface area contributed by atoms with Gasteiger partial charge in [0, 0.05) is 12.5 Å². The Kier molecular flexibility index (Phi) is 7.09. The number of carbonyl (C=O) groups is 2. The molecule has 0 aromatic rings. The molecule has 4 fully saturated rings. The zero-order valence-electron chi connectivity index (χ0n) is 21.8. The minimum atomic E-state index is -0.264. The molecule has 5 heteroatoms. The maximum Gasteiger partial charge on any atom is 0.407 e. The standard InChI is InChI=1S/C28H47NO4/c1-17-11-13-27(3)19(15-17)16-23(29-26(31)33-6)25-21-9-8-20(18(2)7-10-24(30)32-5)28(21,4)14-12-22(25)27/h17-23,25H,7-16H2,1-6H3,(H,29,31)/t17?,18-,19-,20?,21?,22?,23-,25?,27+,28-/m1/s1. The number of amides is 1. The minimum absolute atomic E-state index is 0.0922. The van der Waals surface area contributed by atoms with Gasteiger partial charge < -0.3 is 14.8 Å². The van der Waals surface area contributed by atoms with Crippen molar-refractivity contribution in [3.8, 4) is 0 Å². The van der Waals surface area contributed by atoms with E-state index in [2.05, 4.69) is 33.0 Å². The second kappa shape index (κ2) is 9.41. The van der Waals surface area contributed by atoms with Crippen molar-refractivity contribution in [3.63, 3.8) is 0 Å². The van der Waals surface area contributed by atoms with Crippen LogP contribution in [-0.2, 0) is 14.3 Å². The predicted molar refractivity (Wildman–Crippen MR) is 130 cm³/mol. The number of carbonyl (C=O) groups excluding carboxylic acids is 2. The Morgan fingerprint density at radius 2 is 1.67 bits per heavy atom. The molecule has 0 bridgehead atoms. The van der Waals surface area contributed by atoms with Gasteiger partial charge in [-0.3, -0.25) is 4.79 Å². The predicted octanol–water partition coefficient (Wildman–Crippen LogP) is 6.21. The molecule has 0 saturated heterocycles. The molecule has 10 atom stereocenters. The van der Waals surface area contributed by atoms with Crippen LogP contribution in [0, 0.1) is 52.3 Å². The van der Waals surface area contributed by atoms with Crippen LogP contribution in [0.3, 0.4) is 0 Å². The number of hydrogen-bond acceptors (Lipinski definition) is 4. The van der Waals surface area contributed by atoms with Gasteiger partial charge in [-0.25, -0.2) is 4.79 Å². The molecular weight excluding hydrogens is 414 g/mol. The molecule has 0 spiro atoms. The first-order valence-corrected chi connectivity index (χ1v) is 13.5. The van der Waals surface area contributed by atoms with Gasteiger partial charge in [0.05, 0.1) is 14.2 Å². The number of hydrogen-bond donors (Lipinski definition) is 1. The van der Waals surface area contributed by atoms with Crippen molar-refractivity contribution in [2.45, 2.75) is 97.9 Å². The molecule has 0 aromatic carbocycles. The number of nitrogens with one attached hydrogen (secondary N) is 1. The molecule has 5 nitrogen and oxygen atoms in total. The van der Waals surface area contributed by atoms with Crippen LogP contribution >= 0.6 is 0 Å². The van der Waals surface area contributed by atoms with Gasteiger partial charge >= 0.3 is 12.1 Å². The Bertz CT molecular complexity index is 739. The highest BCUT2D eigenvalue weighted by atomic mass is 16.5. The van der Waals surface area contributed by atoms with E-state index in [1.54, 1.807) is 0 Å². The fourth-order valence-electron chi connectivity index (χ4n) is 9.47. The molecule has 1 amide bonds. The number of methoxy groups -OCH3 is 2. The Balaban J connectivity index is 1.60. The van der Waals surface area contributed by atoms with Crippen LogP contribution in [0.5, 0.6) is 0 Å². The van der Waals surface area contributed by atoms with Crippen molar-refractivity contribution in [2.24, 2.45) is 52.3 Å². The molecule has 4 saturated carbocycles. The van der Waals surface area contributed by atoms with Crippen LogP contribution in [0.4, 0.5) is 4.79 Å². The molecule has 0 aromatic heterocycles. The maximum atomic E-state index is 12.4. The van der Waals surface area contributed by atoms with Crippen LogP contribution in [0.15, 0.2) is 0 Å². The second-order valence-corrected chi connectivity index (χ2v) is 12.7. The number of rotatable bonds is 5. The van der Waals surface area contributed by atoms with Gasteiger partial charge in [0.1, 0.15) is 0 Å². The average Bonchev–Trinajstić information content (AvgIpc) is 3.15.